The van der Waals surface area contributed by atoms with Crippen molar-refractivity contribution in [2.45, 2.75) is 52.2 Å². The van der Waals surface area contributed by atoms with E-state index in [2.05, 4.69) is 20.9 Å². The van der Waals surface area contributed by atoms with Crippen molar-refractivity contribution in [2.24, 2.45) is 4.99 Å². The second-order valence-corrected chi connectivity index (χ2v) is 7.95. The fraction of sp³-hybridized carbons (Fsp3) is 0.571. The molecule has 0 unspecified atom stereocenters. The molecule has 2 amide bonds. The molecule has 0 saturated carbocycles. The summed E-state index contributed by atoms with van der Waals surface area (Å²) in [7, 11) is 1.70. The highest BCUT2D eigenvalue weighted by Gasteiger charge is 2.19. The first-order valence-corrected chi connectivity index (χ1v) is 10.1. The lowest BCUT2D eigenvalue weighted by Gasteiger charge is -2.26. The SMILES string of the molecule is CN=C(NCCNC(=O)OC(C)(C)C)NCc1ccc(N2CCCCC2=O)cc1. The average molecular weight is 404 g/mol. The number of piperidine rings is 1. The van der Waals surface area contributed by atoms with Crippen molar-refractivity contribution in [3.63, 3.8) is 0 Å². The number of anilines is 1. The molecule has 1 aliphatic heterocycles. The van der Waals surface area contributed by atoms with Crippen LogP contribution in [-0.4, -0.2) is 50.2 Å². The number of guanidine groups is 1. The maximum Gasteiger partial charge on any atom is 0.407 e. The van der Waals surface area contributed by atoms with Gasteiger partial charge in [0.1, 0.15) is 5.60 Å². The van der Waals surface area contributed by atoms with Crippen molar-refractivity contribution < 1.29 is 14.3 Å². The van der Waals surface area contributed by atoms with Crippen LogP contribution in [0.5, 0.6) is 0 Å². The van der Waals surface area contributed by atoms with Gasteiger partial charge in [-0.2, -0.15) is 0 Å². The molecule has 3 N–H and O–H groups in total. The van der Waals surface area contributed by atoms with E-state index in [4.69, 9.17) is 4.74 Å². The molecule has 0 aliphatic carbocycles. The highest BCUT2D eigenvalue weighted by atomic mass is 16.6. The summed E-state index contributed by atoms with van der Waals surface area (Å²) in [6.45, 7) is 7.83. The molecule has 160 valence electrons. The van der Waals surface area contributed by atoms with Crippen LogP contribution in [0.2, 0.25) is 0 Å². The van der Waals surface area contributed by atoms with E-state index < -0.39 is 11.7 Å². The van der Waals surface area contributed by atoms with Crippen LogP contribution in [0.25, 0.3) is 0 Å². The molecule has 1 aromatic carbocycles. The summed E-state index contributed by atoms with van der Waals surface area (Å²) < 4.78 is 5.19. The number of carbonyl (C=O) groups is 2. The fourth-order valence-corrected chi connectivity index (χ4v) is 2.94. The minimum atomic E-state index is -0.508. The van der Waals surface area contributed by atoms with Gasteiger partial charge in [-0.25, -0.2) is 4.79 Å². The van der Waals surface area contributed by atoms with Gasteiger partial charge in [0.2, 0.25) is 5.91 Å². The van der Waals surface area contributed by atoms with Crippen LogP contribution in [0, 0.1) is 0 Å². The van der Waals surface area contributed by atoms with Gasteiger partial charge >= 0.3 is 6.09 Å². The van der Waals surface area contributed by atoms with Crippen LogP contribution in [0.4, 0.5) is 10.5 Å². The van der Waals surface area contributed by atoms with Gasteiger partial charge in [0, 0.05) is 45.3 Å². The highest BCUT2D eigenvalue weighted by molar-refractivity contribution is 5.93. The van der Waals surface area contributed by atoms with Crippen molar-refractivity contribution in [1.29, 1.82) is 0 Å². The van der Waals surface area contributed by atoms with Crippen LogP contribution in [0.3, 0.4) is 0 Å². The van der Waals surface area contributed by atoms with Crippen LogP contribution in [0.15, 0.2) is 29.3 Å². The van der Waals surface area contributed by atoms with Gasteiger partial charge in [0.25, 0.3) is 0 Å². The third-order valence-corrected chi connectivity index (χ3v) is 4.34. The number of alkyl carbamates (subject to hydrolysis) is 1. The van der Waals surface area contributed by atoms with Gasteiger partial charge in [-0.3, -0.25) is 9.79 Å². The predicted octanol–water partition coefficient (Wildman–Crippen LogP) is 2.39. The topological polar surface area (TPSA) is 95.1 Å². The summed E-state index contributed by atoms with van der Waals surface area (Å²) in [6.07, 6.45) is 2.24. The lowest BCUT2D eigenvalue weighted by molar-refractivity contribution is -0.119. The Morgan fingerprint density at radius 1 is 1.10 bits per heavy atom. The zero-order valence-electron chi connectivity index (χ0n) is 17.9. The molecule has 2 rings (SSSR count). The quantitative estimate of drug-likeness (QED) is 0.385. The Morgan fingerprint density at radius 3 is 2.41 bits per heavy atom. The van der Waals surface area contributed by atoms with E-state index in [1.54, 1.807) is 7.05 Å². The van der Waals surface area contributed by atoms with Gasteiger partial charge in [0.05, 0.1) is 0 Å². The van der Waals surface area contributed by atoms with Crippen LogP contribution >= 0.6 is 0 Å². The molecular weight excluding hydrogens is 370 g/mol. The van der Waals surface area contributed by atoms with Gasteiger partial charge in [0.15, 0.2) is 5.96 Å². The van der Waals surface area contributed by atoms with Gasteiger partial charge in [-0.1, -0.05) is 12.1 Å². The minimum absolute atomic E-state index is 0.201. The summed E-state index contributed by atoms with van der Waals surface area (Å²) in [5, 5.41) is 9.07. The van der Waals surface area contributed by atoms with Gasteiger partial charge < -0.3 is 25.6 Å². The van der Waals surface area contributed by atoms with E-state index in [1.807, 2.05) is 49.9 Å². The second kappa shape index (κ2) is 10.7. The fourth-order valence-electron chi connectivity index (χ4n) is 2.94. The Balaban J connectivity index is 1.72. The number of ether oxygens (including phenoxy) is 1. The molecule has 0 bridgehead atoms. The summed E-state index contributed by atoms with van der Waals surface area (Å²) in [5.41, 5.74) is 1.54. The molecule has 0 aromatic heterocycles. The Morgan fingerprint density at radius 2 is 1.79 bits per heavy atom. The molecule has 0 atom stereocenters. The van der Waals surface area contributed by atoms with E-state index in [-0.39, 0.29) is 5.91 Å². The van der Waals surface area contributed by atoms with Gasteiger partial charge in [-0.15, -0.1) is 0 Å². The molecule has 1 heterocycles. The number of nitrogens with zero attached hydrogens (tertiary/aromatic N) is 2. The molecule has 1 fully saturated rings. The number of amides is 2. The number of benzene rings is 1. The Labute approximate surface area is 173 Å². The zero-order chi connectivity index (χ0) is 21.3. The number of nitrogens with one attached hydrogen (secondary N) is 3. The van der Waals surface area contributed by atoms with Crippen molar-refractivity contribution >= 4 is 23.6 Å². The standard InChI is InChI=1S/C21H33N5O3/c1-21(2,3)29-20(28)24-13-12-23-19(22-4)25-15-16-8-10-17(11-9-16)26-14-6-5-7-18(26)27/h8-11H,5-7,12-15H2,1-4H3,(H,24,28)(H2,22,23,25). The normalized spacial score (nSPS) is 15.1. The second-order valence-electron chi connectivity index (χ2n) is 7.95. The number of carbonyl (C=O) groups excluding carboxylic acids is 2. The molecule has 0 spiro atoms. The number of rotatable bonds is 6. The van der Waals surface area contributed by atoms with Gasteiger partial charge in [-0.05, 0) is 51.3 Å². The monoisotopic (exact) mass is 403 g/mol. The van der Waals surface area contributed by atoms with Crippen LogP contribution < -0.4 is 20.9 Å². The Bertz CT molecular complexity index is 710. The smallest absolute Gasteiger partial charge is 0.407 e. The lowest BCUT2D eigenvalue weighted by atomic mass is 10.1. The largest absolute Gasteiger partial charge is 0.444 e. The number of hydrogen-bond donors (Lipinski definition) is 3. The molecule has 29 heavy (non-hydrogen) atoms. The van der Waals surface area contributed by atoms with Crippen molar-refractivity contribution in [3.05, 3.63) is 29.8 Å². The maximum atomic E-state index is 12.0. The van der Waals surface area contributed by atoms with E-state index in [9.17, 15) is 9.59 Å². The highest BCUT2D eigenvalue weighted by Crippen LogP contribution is 2.21. The summed E-state index contributed by atoms with van der Waals surface area (Å²) in [5.74, 6) is 0.845. The Hall–Kier alpha value is -2.77. The summed E-state index contributed by atoms with van der Waals surface area (Å²) in [6, 6.07) is 8.01. The van der Waals surface area contributed by atoms with Crippen molar-refractivity contribution in [3.8, 4) is 0 Å². The third kappa shape index (κ3) is 8.01. The molecule has 0 radical (unpaired) electrons. The van der Waals surface area contributed by atoms with E-state index in [0.29, 0.717) is 32.0 Å². The maximum absolute atomic E-state index is 12.0. The van der Waals surface area contributed by atoms with Crippen LogP contribution in [-0.2, 0) is 16.1 Å². The summed E-state index contributed by atoms with van der Waals surface area (Å²) in [4.78, 5) is 29.7. The van der Waals surface area contributed by atoms with E-state index >= 15 is 0 Å². The van der Waals surface area contributed by atoms with Crippen molar-refractivity contribution in [1.82, 2.24) is 16.0 Å². The van der Waals surface area contributed by atoms with E-state index in [1.165, 1.54) is 0 Å². The minimum Gasteiger partial charge on any atom is -0.444 e. The zero-order valence-corrected chi connectivity index (χ0v) is 17.9. The number of hydrogen-bond acceptors (Lipinski definition) is 4. The summed E-state index contributed by atoms with van der Waals surface area (Å²) >= 11 is 0. The molecule has 1 aromatic rings. The lowest BCUT2D eigenvalue weighted by Crippen LogP contribution is -2.42. The molecule has 1 saturated heterocycles. The Kier molecular flexibility index (Phi) is 8.30. The first kappa shape index (κ1) is 22.5. The molecule has 8 nitrogen and oxygen atoms in total. The van der Waals surface area contributed by atoms with Crippen molar-refractivity contribution in [2.75, 3.05) is 31.6 Å². The third-order valence-electron chi connectivity index (χ3n) is 4.34. The molecule has 1 aliphatic rings. The predicted molar refractivity (Wildman–Crippen MR) is 115 cm³/mol. The first-order valence-electron chi connectivity index (χ1n) is 10.1. The molecular formula is C21H33N5O3. The molecule has 8 heteroatoms. The number of aliphatic imine (C=N–C) groups is 1. The van der Waals surface area contributed by atoms with Crippen LogP contribution in [0.1, 0.15) is 45.6 Å². The van der Waals surface area contributed by atoms with E-state index in [0.717, 1.165) is 30.6 Å². The average Bonchev–Trinajstić information content (AvgIpc) is 2.67. The first-order chi connectivity index (χ1) is 13.8.